The van der Waals surface area contributed by atoms with Gasteiger partial charge in [0, 0.05) is 11.3 Å². The van der Waals surface area contributed by atoms with Crippen LogP contribution in [0.1, 0.15) is 22.8 Å². The van der Waals surface area contributed by atoms with Crippen molar-refractivity contribution in [3.8, 4) is 5.69 Å². The van der Waals surface area contributed by atoms with Crippen LogP contribution >= 0.6 is 11.9 Å². The lowest BCUT2D eigenvalue weighted by Crippen LogP contribution is -2.06. The summed E-state index contributed by atoms with van der Waals surface area (Å²) in [5, 5.41) is 19.0. The van der Waals surface area contributed by atoms with Gasteiger partial charge in [-0.05, 0) is 42.6 Å². The molecule has 0 saturated heterocycles. The number of rotatable bonds is 5. The standard InChI is InChI=1S/C17H17FN4OS/c1-11-2-4-12(5-3-11)8-17-20-16(10-23)21-22(17)15-7-6-13(24-19)9-14(15)18/h2-7,9,23H,8,10,19H2,1H3. The molecule has 0 radical (unpaired) electrons. The van der Waals surface area contributed by atoms with Gasteiger partial charge in [0.2, 0.25) is 0 Å². The minimum Gasteiger partial charge on any atom is -0.388 e. The van der Waals surface area contributed by atoms with Gasteiger partial charge in [-0.1, -0.05) is 29.8 Å². The molecule has 2 aromatic carbocycles. The quantitative estimate of drug-likeness (QED) is 0.696. The van der Waals surface area contributed by atoms with E-state index in [-0.39, 0.29) is 18.1 Å². The molecule has 0 fully saturated rings. The molecule has 0 atom stereocenters. The summed E-state index contributed by atoms with van der Waals surface area (Å²) in [5.41, 5.74) is 2.48. The minimum atomic E-state index is -0.440. The maximum absolute atomic E-state index is 14.4. The fraction of sp³-hybridized carbons (Fsp3) is 0.176. The van der Waals surface area contributed by atoms with Gasteiger partial charge in [0.15, 0.2) is 5.82 Å². The highest BCUT2D eigenvalue weighted by Crippen LogP contribution is 2.21. The summed E-state index contributed by atoms with van der Waals surface area (Å²) in [6.45, 7) is 1.72. The van der Waals surface area contributed by atoms with E-state index < -0.39 is 5.82 Å². The molecule has 3 N–H and O–H groups in total. The Morgan fingerprint density at radius 1 is 1.21 bits per heavy atom. The zero-order valence-corrected chi connectivity index (χ0v) is 13.9. The number of aromatic nitrogens is 3. The van der Waals surface area contributed by atoms with Crippen LogP contribution in [-0.4, -0.2) is 19.9 Å². The zero-order chi connectivity index (χ0) is 17.1. The summed E-state index contributed by atoms with van der Waals surface area (Å²) in [5.74, 6) is 0.383. The molecule has 0 aliphatic rings. The van der Waals surface area contributed by atoms with Gasteiger partial charge in [0.25, 0.3) is 0 Å². The Hall–Kier alpha value is -2.22. The second-order valence-electron chi connectivity index (χ2n) is 5.41. The van der Waals surface area contributed by atoms with Crippen LogP contribution in [0, 0.1) is 12.7 Å². The Kier molecular flexibility index (Phi) is 4.94. The third-order valence-corrected chi connectivity index (χ3v) is 4.15. The summed E-state index contributed by atoms with van der Waals surface area (Å²) < 4.78 is 15.8. The highest BCUT2D eigenvalue weighted by molar-refractivity contribution is 7.97. The lowest BCUT2D eigenvalue weighted by Gasteiger charge is -2.08. The molecule has 3 rings (SSSR count). The van der Waals surface area contributed by atoms with Crippen LogP contribution in [0.15, 0.2) is 47.4 Å². The second kappa shape index (κ2) is 7.12. The number of aliphatic hydroxyl groups excluding tert-OH is 1. The minimum absolute atomic E-state index is 0.258. The Morgan fingerprint density at radius 3 is 2.58 bits per heavy atom. The Labute approximate surface area is 143 Å². The largest absolute Gasteiger partial charge is 0.388 e. The topological polar surface area (TPSA) is 77.0 Å². The van der Waals surface area contributed by atoms with Crippen molar-refractivity contribution in [1.82, 2.24) is 14.8 Å². The molecular weight excluding hydrogens is 327 g/mol. The van der Waals surface area contributed by atoms with Gasteiger partial charge >= 0.3 is 0 Å². The molecule has 1 aromatic heterocycles. The first-order valence-electron chi connectivity index (χ1n) is 7.38. The van der Waals surface area contributed by atoms with Crippen LogP contribution < -0.4 is 5.14 Å². The molecule has 124 valence electrons. The van der Waals surface area contributed by atoms with Crippen molar-refractivity contribution in [1.29, 1.82) is 0 Å². The van der Waals surface area contributed by atoms with Gasteiger partial charge < -0.3 is 5.11 Å². The molecule has 0 saturated carbocycles. The summed E-state index contributed by atoms with van der Waals surface area (Å²) in [7, 11) is 0. The second-order valence-corrected chi connectivity index (χ2v) is 6.11. The third-order valence-electron chi connectivity index (χ3n) is 3.63. The van der Waals surface area contributed by atoms with E-state index in [4.69, 9.17) is 5.14 Å². The summed E-state index contributed by atoms with van der Waals surface area (Å²) >= 11 is 0.979. The van der Waals surface area contributed by atoms with Gasteiger partial charge in [-0.2, -0.15) is 0 Å². The van der Waals surface area contributed by atoms with Crippen LogP contribution in [0.5, 0.6) is 0 Å². The first-order valence-corrected chi connectivity index (χ1v) is 8.26. The van der Waals surface area contributed by atoms with Gasteiger partial charge in [-0.3, -0.25) is 5.14 Å². The van der Waals surface area contributed by atoms with Crippen molar-refractivity contribution in [2.24, 2.45) is 5.14 Å². The highest BCUT2D eigenvalue weighted by atomic mass is 32.2. The zero-order valence-electron chi connectivity index (χ0n) is 13.1. The van der Waals surface area contributed by atoms with Gasteiger partial charge in [-0.15, -0.1) is 5.10 Å². The Morgan fingerprint density at radius 2 is 1.96 bits per heavy atom. The summed E-state index contributed by atoms with van der Waals surface area (Å²) in [6, 6.07) is 12.7. The van der Waals surface area contributed by atoms with Crippen LogP contribution in [0.2, 0.25) is 0 Å². The highest BCUT2D eigenvalue weighted by Gasteiger charge is 2.15. The van der Waals surface area contributed by atoms with E-state index >= 15 is 0 Å². The van der Waals surface area contributed by atoms with Crippen molar-refractivity contribution < 1.29 is 9.50 Å². The molecule has 5 nitrogen and oxygen atoms in total. The van der Waals surface area contributed by atoms with Crippen LogP contribution in [0.3, 0.4) is 0 Å². The first kappa shape index (κ1) is 16.6. The van der Waals surface area contributed by atoms with Crippen LogP contribution in [-0.2, 0) is 13.0 Å². The van der Waals surface area contributed by atoms with Crippen molar-refractivity contribution in [3.05, 3.63) is 71.1 Å². The fourth-order valence-corrected chi connectivity index (χ4v) is 2.71. The molecule has 1 heterocycles. The average molecular weight is 344 g/mol. The molecule has 7 heteroatoms. The smallest absolute Gasteiger partial charge is 0.176 e. The predicted molar refractivity (Wildman–Crippen MR) is 91.3 cm³/mol. The molecule has 3 aromatic rings. The molecule has 0 unspecified atom stereocenters. The van der Waals surface area contributed by atoms with E-state index in [1.165, 1.54) is 10.7 Å². The van der Waals surface area contributed by atoms with E-state index in [1.807, 2.05) is 31.2 Å². The first-order chi connectivity index (χ1) is 11.6. The molecule has 0 aliphatic carbocycles. The predicted octanol–water partition coefficient (Wildman–Crippen LogP) is 2.76. The Bertz CT molecular complexity index is 848. The van der Waals surface area contributed by atoms with Gasteiger partial charge in [0.1, 0.15) is 23.9 Å². The Balaban J connectivity index is 2.01. The van der Waals surface area contributed by atoms with Gasteiger partial charge in [-0.25, -0.2) is 14.1 Å². The summed E-state index contributed by atoms with van der Waals surface area (Å²) in [4.78, 5) is 4.94. The lowest BCUT2D eigenvalue weighted by molar-refractivity contribution is 0.271. The number of aryl methyl sites for hydroxylation is 1. The van der Waals surface area contributed by atoms with E-state index in [9.17, 15) is 9.50 Å². The number of halogens is 1. The van der Waals surface area contributed by atoms with E-state index in [0.717, 1.165) is 23.1 Å². The third kappa shape index (κ3) is 3.48. The van der Waals surface area contributed by atoms with Crippen molar-refractivity contribution in [3.63, 3.8) is 0 Å². The molecule has 0 aliphatic heterocycles. The fourth-order valence-electron chi connectivity index (χ4n) is 2.39. The van der Waals surface area contributed by atoms with Gasteiger partial charge in [0.05, 0.1) is 0 Å². The number of aliphatic hydroxyl groups is 1. The SMILES string of the molecule is Cc1ccc(Cc2nc(CO)nn2-c2ccc(SN)cc2F)cc1. The van der Waals surface area contributed by atoms with Crippen LogP contribution in [0.25, 0.3) is 5.69 Å². The maximum atomic E-state index is 14.4. The number of benzene rings is 2. The number of nitrogens with zero attached hydrogens (tertiary/aromatic N) is 3. The van der Waals surface area contributed by atoms with E-state index in [1.54, 1.807) is 12.1 Å². The number of hydrogen-bond acceptors (Lipinski definition) is 5. The van der Waals surface area contributed by atoms with Crippen LogP contribution in [0.4, 0.5) is 4.39 Å². The molecule has 0 spiro atoms. The molecular formula is C17H17FN4OS. The van der Waals surface area contributed by atoms with Crippen molar-refractivity contribution in [2.45, 2.75) is 24.8 Å². The summed E-state index contributed by atoms with van der Waals surface area (Å²) in [6.07, 6.45) is 0.486. The molecule has 24 heavy (non-hydrogen) atoms. The van der Waals surface area contributed by atoms with Crippen molar-refractivity contribution in [2.75, 3.05) is 0 Å². The number of nitrogens with two attached hydrogens (primary N) is 1. The van der Waals surface area contributed by atoms with Crippen molar-refractivity contribution >= 4 is 11.9 Å². The van der Waals surface area contributed by atoms with E-state index in [2.05, 4.69) is 10.1 Å². The number of hydrogen-bond donors (Lipinski definition) is 2. The molecule has 0 bridgehead atoms. The average Bonchev–Trinajstić information content (AvgIpc) is 2.99. The normalized spacial score (nSPS) is 11.0. The molecule has 0 amide bonds. The maximum Gasteiger partial charge on any atom is 0.176 e. The monoisotopic (exact) mass is 344 g/mol. The van der Waals surface area contributed by atoms with E-state index in [0.29, 0.717) is 17.1 Å². The lowest BCUT2D eigenvalue weighted by atomic mass is 10.1.